The molecule has 0 saturated carbocycles. The molecule has 20 rings (SSSR count). The van der Waals surface area contributed by atoms with E-state index < -0.39 is 0 Å². The monoisotopic (exact) mass is 1470 g/mol. The van der Waals surface area contributed by atoms with E-state index in [1.165, 1.54) is 66.8 Å². The van der Waals surface area contributed by atoms with Gasteiger partial charge in [0.1, 0.15) is 80.9 Å². The summed E-state index contributed by atoms with van der Waals surface area (Å²) in [5.74, 6) is 5.49. The van der Waals surface area contributed by atoms with Crippen LogP contribution in [0.15, 0.2) is 267 Å². The maximum absolute atomic E-state index is 6.37. The van der Waals surface area contributed by atoms with Gasteiger partial charge in [0.25, 0.3) is 17.5 Å². The molecule has 111 heavy (non-hydrogen) atoms. The maximum atomic E-state index is 6.37. The van der Waals surface area contributed by atoms with E-state index in [4.69, 9.17) is 17.7 Å². The summed E-state index contributed by atoms with van der Waals surface area (Å²) in [6.45, 7) is 17.5. The van der Waals surface area contributed by atoms with Gasteiger partial charge in [-0.2, -0.15) is 0 Å². The van der Waals surface area contributed by atoms with E-state index >= 15 is 0 Å². The minimum absolute atomic E-state index is 0.217. The number of aromatic nitrogens is 4. The number of rotatable bonds is 8. The van der Waals surface area contributed by atoms with Crippen molar-refractivity contribution in [3.8, 4) is 45.0 Å². The van der Waals surface area contributed by atoms with Crippen LogP contribution in [0, 0.1) is 27.7 Å². The van der Waals surface area contributed by atoms with E-state index in [2.05, 4.69) is 389 Å². The minimum atomic E-state index is 0.217. The Bertz CT molecular complexity index is 6350. The predicted octanol–water partition coefficient (Wildman–Crippen LogP) is 19.2. The lowest BCUT2D eigenvalue weighted by Gasteiger charge is -2.23. The molecule has 0 spiro atoms. The first-order valence-corrected chi connectivity index (χ1v) is 38.4. The molecule has 0 N–H and O–H groups in total. The van der Waals surface area contributed by atoms with E-state index in [1.807, 2.05) is 36.4 Å². The fourth-order valence-electron chi connectivity index (χ4n) is 16.8. The van der Waals surface area contributed by atoms with Crippen LogP contribution in [-0.2, 0) is 34.6 Å². The number of hydrogen-bond acceptors (Lipinski definition) is 12. The van der Waals surface area contributed by atoms with Crippen molar-refractivity contribution >= 4 is 106 Å². The highest BCUT2D eigenvalue weighted by molar-refractivity contribution is 6.12. The Hall–Kier alpha value is -12.8. The van der Waals surface area contributed by atoms with Crippen molar-refractivity contribution in [2.75, 3.05) is 47.8 Å². The van der Waals surface area contributed by atoms with Gasteiger partial charge in [0.05, 0.1) is 39.6 Å². The van der Waals surface area contributed by atoms with Gasteiger partial charge in [0.2, 0.25) is 5.58 Å². The summed E-state index contributed by atoms with van der Waals surface area (Å²) in [6.07, 6.45) is 23.2. The molecule has 0 radical (unpaired) electrons. The summed E-state index contributed by atoms with van der Waals surface area (Å²) in [4.78, 5) is 18.1. The van der Waals surface area contributed by atoms with Gasteiger partial charge >= 0.3 is 5.82 Å². The third-order valence-electron chi connectivity index (χ3n) is 23.7. The SMILES string of the molecule is Cc1ccccc1-c1c2c3c(oc2cc(N2C=CN(C)[C@@H]2C)[n+]1C)C=CC3.Cc1ccccc1-c1c2oc3ccccc3c2cc(N2C=CN(C)[C@@H]2C)[n+]1C.Cc1ccccc1-c1cc2c(oc3ccccc32)c(N2C=CN(C)[C@@H]2C)[n+]1C.Cc1ccccc1-c1cc2oc3ccccc3c2c(N2C=CN(C)[C@@H]2C)[n+]1C. The summed E-state index contributed by atoms with van der Waals surface area (Å²) >= 11 is 0. The molecule has 0 unspecified atom stereocenters. The van der Waals surface area contributed by atoms with Crippen LogP contribution in [-0.4, -0.2) is 72.5 Å². The van der Waals surface area contributed by atoms with Gasteiger partial charge < -0.3 is 37.3 Å². The number of pyridine rings is 4. The van der Waals surface area contributed by atoms with Crippen LogP contribution in [0.3, 0.4) is 0 Å². The molecule has 556 valence electrons. The highest BCUT2D eigenvalue weighted by Gasteiger charge is 2.40. The molecular weight excluding hydrogens is 1370 g/mol. The second-order valence-corrected chi connectivity index (χ2v) is 30.2. The Morgan fingerprint density at radius 3 is 1.22 bits per heavy atom. The van der Waals surface area contributed by atoms with Gasteiger partial charge in [0.15, 0.2) is 35.9 Å². The van der Waals surface area contributed by atoms with E-state index in [0.717, 1.165) is 118 Å². The van der Waals surface area contributed by atoms with E-state index in [-0.39, 0.29) is 24.7 Å². The largest absolute Gasteiger partial charge is 0.456 e. The number of allylic oxidation sites excluding steroid dienone is 1. The summed E-state index contributed by atoms with van der Waals surface area (Å²) in [6, 6.07) is 67.9. The first-order valence-electron chi connectivity index (χ1n) is 38.4. The lowest BCUT2D eigenvalue weighted by Crippen LogP contribution is -2.43. The molecule has 8 aromatic heterocycles. The molecule has 7 aromatic carbocycles. The molecule has 4 atom stereocenters. The highest BCUT2D eigenvalue weighted by Crippen LogP contribution is 2.44. The van der Waals surface area contributed by atoms with Crippen molar-refractivity contribution in [1.82, 2.24) is 19.6 Å². The quantitative estimate of drug-likeness (QED) is 0.136. The second-order valence-electron chi connectivity index (χ2n) is 30.2. The molecule has 0 bridgehead atoms. The fraction of sp³-hybridized carbons (Fsp3) is 0.221. The molecule has 12 heterocycles. The van der Waals surface area contributed by atoms with Crippen molar-refractivity contribution in [3.05, 3.63) is 283 Å². The summed E-state index contributed by atoms with van der Waals surface area (Å²) in [5, 5.41) is 8.14. The number of benzene rings is 7. The summed E-state index contributed by atoms with van der Waals surface area (Å²) in [7, 11) is 17.0. The molecule has 4 aliphatic heterocycles. The Morgan fingerprint density at radius 1 is 0.324 bits per heavy atom. The first kappa shape index (κ1) is 71.1. The van der Waals surface area contributed by atoms with Gasteiger partial charge in [0, 0.05) is 120 Å². The third kappa shape index (κ3) is 12.1. The van der Waals surface area contributed by atoms with Crippen molar-refractivity contribution in [1.29, 1.82) is 0 Å². The van der Waals surface area contributed by atoms with E-state index in [0.29, 0.717) is 0 Å². The minimum Gasteiger partial charge on any atom is -0.456 e. The van der Waals surface area contributed by atoms with Crippen LogP contribution in [0.1, 0.15) is 61.3 Å². The molecule has 16 heteroatoms. The Labute approximate surface area is 648 Å². The van der Waals surface area contributed by atoms with E-state index in [9.17, 15) is 0 Å². The van der Waals surface area contributed by atoms with Crippen LogP contribution in [0.25, 0.3) is 128 Å². The number of nitrogens with zero attached hydrogens (tertiary/aromatic N) is 12. The van der Waals surface area contributed by atoms with Crippen molar-refractivity contribution in [3.63, 3.8) is 0 Å². The number of furan rings is 4. The Morgan fingerprint density at radius 2 is 0.712 bits per heavy atom. The van der Waals surface area contributed by atoms with Gasteiger partial charge in [-0.3, -0.25) is 0 Å². The molecule has 16 nitrogen and oxygen atoms in total. The number of para-hydroxylation sites is 3. The van der Waals surface area contributed by atoms with Crippen LogP contribution in [0.5, 0.6) is 0 Å². The third-order valence-corrected chi connectivity index (χ3v) is 23.7. The number of aryl methyl sites for hydroxylation is 4. The molecule has 1 aliphatic carbocycles. The van der Waals surface area contributed by atoms with E-state index in [1.54, 1.807) is 0 Å². The Kier molecular flexibility index (Phi) is 18.1. The Balaban J connectivity index is 0.000000108. The number of anilines is 4. The lowest BCUT2D eigenvalue weighted by atomic mass is 9.99. The highest BCUT2D eigenvalue weighted by atomic mass is 16.3. The maximum Gasteiger partial charge on any atom is 0.327 e. The zero-order valence-electron chi connectivity index (χ0n) is 66.3. The zero-order chi connectivity index (χ0) is 76.9. The van der Waals surface area contributed by atoms with Gasteiger partial charge in [-0.05, 0) is 114 Å². The fourth-order valence-corrected chi connectivity index (χ4v) is 16.8. The molecular formula is C95H96N12O4+4. The van der Waals surface area contributed by atoms with Crippen LogP contribution in [0.4, 0.5) is 23.3 Å². The smallest absolute Gasteiger partial charge is 0.327 e. The summed E-state index contributed by atoms with van der Waals surface area (Å²) in [5.41, 5.74) is 22.4. The second kappa shape index (κ2) is 28.3. The molecule has 0 saturated heterocycles. The molecule has 5 aliphatic rings. The van der Waals surface area contributed by atoms with Crippen molar-refractivity contribution in [2.45, 2.75) is 86.5 Å². The van der Waals surface area contributed by atoms with Crippen molar-refractivity contribution < 1.29 is 35.9 Å². The average Bonchev–Trinajstić information content (AvgIpc) is 1.63. The summed E-state index contributed by atoms with van der Waals surface area (Å²) < 4.78 is 34.4. The normalized spacial score (nSPS) is 17.0. The van der Waals surface area contributed by atoms with Crippen LogP contribution >= 0.6 is 0 Å². The number of hydrogen-bond donors (Lipinski definition) is 0. The zero-order valence-corrected chi connectivity index (χ0v) is 66.3. The van der Waals surface area contributed by atoms with Gasteiger partial charge in [-0.25, -0.2) is 37.9 Å². The average molecular weight is 1470 g/mol. The van der Waals surface area contributed by atoms with Crippen LogP contribution < -0.4 is 37.9 Å². The first-order chi connectivity index (χ1) is 53.7. The standard InChI is InChI=1S/3C24H24N3O.C23H24N3O/c1-16-9-5-6-10-18(16)21-15-20-19-11-7-8-12-22(19)28-23(20)24(26(21)4)27-14-13-25(3)17(27)2;1-16-9-5-6-10-18(16)23-24-20(19-11-7-8-12-21(19)28-24)15-22(26(23)4)27-14-13-25(3)17(27)2;1-16-9-5-6-10-18(16)20-15-22-23(19-11-7-8-12-21(19)28-22)24(26(20)4)27-14-13-25(3)17(27)2;1-15-8-5-6-9-17(15)23-22-18-10-7-11-19(18)27-20(22)14-21(25(23)4)26-13-12-24(3)16(26)2/h3*5-15,17H,1-4H3;5-9,11-14,16H,10H2,1-4H3/q4*+1/t3*17-;16-/m0000/s1. The molecule has 0 amide bonds. The van der Waals surface area contributed by atoms with Gasteiger partial charge in [-0.15, -0.1) is 0 Å². The predicted molar refractivity (Wildman–Crippen MR) is 451 cm³/mol. The lowest BCUT2D eigenvalue weighted by molar-refractivity contribution is -0.646. The number of fused-ring (bicyclic) bond motifs is 12. The molecule has 15 aromatic rings. The van der Waals surface area contributed by atoms with Gasteiger partial charge in [-0.1, -0.05) is 158 Å². The molecule has 0 fully saturated rings. The topological polar surface area (TPSA) is 94.0 Å². The van der Waals surface area contributed by atoms with Crippen molar-refractivity contribution in [2.24, 2.45) is 28.2 Å². The van der Waals surface area contributed by atoms with Crippen LogP contribution in [0.2, 0.25) is 0 Å².